The smallest absolute Gasteiger partial charge is 0.308 e. The molecule has 0 bridgehead atoms. The molecule has 0 saturated carbocycles. The van der Waals surface area contributed by atoms with Crippen LogP contribution < -0.4 is 24.4 Å². The van der Waals surface area contributed by atoms with E-state index in [4.69, 9.17) is 14.5 Å². The van der Waals surface area contributed by atoms with Crippen LogP contribution in [0.25, 0.3) is 11.8 Å². The lowest BCUT2D eigenvalue weighted by Crippen LogP contribution is -2.38. The SMILES string of the molecule is CCOc1cc(/C=c2/sc3n(c2=O)[C@@H](c2ccc(F)cc2)C2=C(N=3)c3ccccc3CC2)cc(I)c1OC(C)=O. The molecule has 6 rings (SSSR count). The number of carbonyl (C=O) groups is 1. The Labute approximate surface area is 247 Å². The van der Waals surface area contributed by atoms with Crippen molar-refractivity contribution in [2.75, 3.05) is 6.61 Å². The molecule has 2 aliphatic rings. The summed E-state index contributed by atoms with van der Waals surface area (Å²) in [4.78, 5) is 31.2. The van der Waals surface area contributed by atoms with E-state index in [1.54, 1.807) is 22.8 Å². The van der Waals surface area contributed by atoms with Crippen LogP contribution in [0.4, 0.5) is 4.39 Å². The van der Waals surface area contributed by atoms with Crippen LogP contribution >= 0.6 is 33.9 Å². The molecular weight excluding hydrogens is 642 g/mol. The average Bonchev–Trinajstić information content (AvgIpc) is 3.24. The van der Waals surface area contributed by atoms with Gasteiger partial charge >= 0.3 is 5.97 Å². The Morgan fingerprint density at radius 3 is 2.70 bits per heavy atom. The Hall–Kier alpha value is -3.57. The molecule has 40 heavy (non-hydrogen) atoms. The summed E-state index contributed by atoms with van der Waals surface area (Å²) >= 11 is 3.42. The van der Waals surface area contributed by atoms with E-state index < -0.39 is 5.97 Å². The van der Waals surface area contributed by atoms with E-state index in [1.807, 2.05) is 31.2 Å². The highest BCUT2D eigenvalue weighted by atomic mass is 127. The molecule has 202 valence electrons. The van der Waals surface area contributed by atoms with Gasteiger partial charge in [-0.2, -0.15) is 0 Å². The summed E-state index contributed by atoms with van der Waals surface area (Å²) < 4.78 is 28.0. The number of halogens is 2. The van der Waals surface area contributed by atoms with E-state index >= 15 is 0 Å². The van der Waals surface area contributed by atoms with E-state index in [-0.39, 0.29) is 17.4 Å². The van der Waals surface area contributed by atoms with Gasteiger partial charge in [0.25, 0.3) is 5.56 Å². The zero-order chi connectivity index (χ0) is 28.0. The normalized spacial score (nSPS) is 16.1. The van der Waals surface area contributed by atoms with Crippen LogP contribution in [0.2, 0.25) is 0 Å². The lowest BCUT2D eigenvalue weighted by atomic mass is 9.83. The molecule has 0 fully saturated rings. The zero-order valence-corrected chi connectivity index (χ0v) is 24.7. The van der Waals surface area contributed by atoms with Crippen molar-refractivity contribution in [3.05, 3.63) is 118 Å². The molecule has 2 heterocycles. The second-order valence-corrected chi connectivity index (χ2v) is 11.7. The first-order valence-electron chi connectivity index (χ1n) is 12.9. The van der Waals surface area contributed by atoms with Gasteiger partial charge in [0.15, 0.2) is 16.3 Å². The topological polar surface area (TPSA) is 69.9 Å². The summed E-state index contributed by atoms with van der Waals surface area (Å²) in [6, 6.07) is 17.8. The molecule has 0 amide bonds. The van der Waals surface area contributed by atoms with Gasteiger partial charge in [0, 0.05) is 12.5 Å². The lowest BCUT2D eigenvalue weighted by Gasteiger charge is -2.30. The van der Waals surface area contributed by atoms with Gasteiger partial charge in [-0.3, -0.25) is 14.2 Å². The van der Waals surface area contributed by atoms with Crippen molar-refractivity contribution in [2.24, 2.45) is 4.99 Å². The number of aromatic nitrogens is 1. The number of hydrogen-bond acceptors (Lipinski definition) is 6. The number of fused-ring (bicyclic) bond motifs is 3. The maximum absolute atomic E-state index is 14.0. The van der Waals surface area contributed by atoms with Crippen LogP contribution in [0.15, 0.2) is 76.0 Å². The summed E-state index contributed by atoms with van der Waals surface area (Å²) in [5.41, 5.74) is 5.67. The molecule has 1 aromatic heterocycles. The van der Waals surface area contributed by atoms with E-state index in [0.29, 0.717) is 31.0 Å². The summed E-state index contributed by atoms with van der Waals surface area (Å²) in [6.45, 7) is 3.58. The lowest BCUT2D eigenvalue weighted by molar-refractivity contribution is -0.132. The zero-order valence-electron chi connectivity index (χ0n) is 21.7. The standard InChI is InChI=1S/C31H24FIN2O4S/c1-3-38-25-15-18(14-24(33)29(25)39-17(2)36)16-26-30(37)35-28(20-8-11-21(32)12-9-20)23-13-10-19-6-4-5-7-22(19)27(23)34-31(35)40-26/h4-9,11-12,14-16,28H,3,10,13H2,1-2H3/b26-16+/t28-/m0/s1. The van der Waals surface area contributed by atoms with Gasteiger partial charge in [-0.25, -0.2) is 9.38 Å². The number of carbonyl (C=O) groups excluding carboxylic acids is 1. The molecule has 1 aliphatic heterocycles. The quantitative estimate of drug-likeness (QED) is 0.163. The van der Waals surface area contributed by atoms with Gasteiger partial charge in [0.2, 0.25) is 0 Å². The van der Waals surface area contributed by atoms with Crippen molar-refractivity contribution in [3.8, 4) is 11.5 Å². The van der Waals surface area contributed by atoms with E-state index in [1.165, 1.54) is 36.0 Å². The Morgan fingerprint density at radius 2 is 1.95 bits per heavy atom. The van der Waals surface area contributed by atoms with Crippen LogP contribution in [-0.2, 0) is 11.2 Å². The van der Waals surface area contributed by atoms with Crippen molar-refractivity contribution in [2.45, 2.75) is 32.7 Å². The third kappa shape index (κ3) is 4.81. The second-order valence-electron chi connectivity index (χ2n) is 9.52. The minimum Gasteiger partial charge on any atom is -0.490 e. The maximum atomic E-state index is 14.0. The minimum absolute atomic E-state index is 0.166. The summed E-state index contributed by atoms with van der Waals surface area (Å²) in [5.74, 6) is 0.0265. The minimum atomic E-state index is -0.439. The van der Waals surface area contributed by atoms with Gasteiger partial charge in [-0.1, -0.05) is 47.7 Å². The van der Waals surface area contributed by atoms with Crippen molar-refractivity contribution in [1.82, 2.24) is 4.57 Å². The number of aryl methyl sites for hydroxylation is 1. The van der Waals surface area contributed by atoms with E-state index in [0.717, 1.165) is 40.8 Å². The predicted molar refractivity (Wildman–Crippen MR) is 161 cm³/mol. The molecule has 4 aromatic rings. The van der Waals surface area contributed by atoms with Gasteiger partial charge in [-0.15, -0.1) is 0 Å². The first kappa shape index (κ1) is 26.6. The molecular formula is C31H24FIN2O4S. The Bertz CT molecular complexity index is 1870. The molecule has 0 saturated heterocycles. The number of allylic oxidation sites excluding steroid dienone is 1. The van der Waals surface area contributed by atoms with Gasteiger partial charge in [-0.05, 0) is 95.0 Å². The first-order chi connectivity index (χ1) is 19.3. The molecule has 1 atom stereocenters. The fraction of sp³-hybridized carbons (Fsp3) is 0.194. The van der Waals surface area contributed by atoms with Crippen LogP contribution in [0.5, 0.6) is 11.5 Å². The molecule has 0 unspecified atom stereocenters. The molecule has 0 spiro atoms. The molecule has 3 aromatic carbocycles. The largest absolute Gasteiger partial charge is 0.490 e. The number of rotatable bonds is 5. The van der Waals surface area contributed by atoms with Gasteiger partial charge < -0.3 is 9.47 Å². The van der Waals surface area contributed by atoms with Gasteiger partial charge in [0.05, 0.1) is 26.4 Å². The monoisotopic (exact) mass is 666 g/mol. The van der Waals surface area contributed by atoms with Gasteiger partial charge in [0.1, 0.15) is 5.82 Å². The second kappa shape index (κ2) is 10.8. The maximum Gasteiger partial charge on any atom is 0.308 e. The molecule has 0 N–H and O–H groups in total. The van der Waals surface area contributed by atoms with Crippen LogP contribution in [0.3, 0.4) is 0 Å². The highest BCUT2D eigenvalue weighted by molar-refractivity contribution is 14.1. The van der Waals surface area contributed by atoms with Crippen molar-refractivity contribution >= 4 is 51.7 Å². The third-order valence-electron chi connectivity index (χ3n) is 6.93. The Balaban J connectivity index is 1.55. The number of nitrogens with zero attached hydrogens (tertiary/aromatic N) is 2. The number of ether oxygens (including phenoxy) is 2. The Kier molecular flexibility index (Phi) is 7.18. The summed E-state index contributed by atoms with van der Waals surface area (Å²) in [7, 11) is 0. The number of benzene rings is 3. The average molecular weight is 667 g/mol. The fourth-order valence-corrected chi connectivity index (χ4v) is 7.03. The van der Waals surface area contributed by atoms with Crippen LogP contribution in [-0.4, -0.2) is 17.1 Å². The molecule has 9 heteroatoms. The highest BCUT2D eigenvalue weighted by Gasteiger charge is 2.32. The van der Waals surface area contributed by atoms with Crippen molar-refractivity contribution < 1.29 is 18.7 Å². The molecule has 1 aliphatic carbocycles. The summed E-state index contributed by atoms with van der Waals surface area (Å²) in [5, 5.41) is 0. The van der Waals surface area contributed by atoms with E-state index in [2.05, 4.69) is 34.7 Å². The number of esters is 1. The number of hydrogen-bond donors (Lipinski definition) is 0. The molecule has 0 radical (unpaired) electrons. The predicted octanol–water partition coefficient (Wildman–Crippen LogP) is 5.39. The highest BCUT2D eigenvalue weighted by Crippen LogP contribution is 2.41. The van der Waals surface area contributed by atoms with Crippen molar-refractivity contribution in [3.63, 3.8) is 0 Å². The molecule has 6 nitrogen and oxygen atoms in total. The van der Waals surface area contributed by atoms with Crippen LogP contribution in [0, 0.1) is 9.39 Å². The number of thiazole rings is 1. The third-order valence-corrected chi connectivity index (χ3v) is 8.72. The van der Waals surface area contributed by atoms with Crippen LogP contribution in [0.1, 0.15) is 48.6 Å². The van der Waals surface area contributed by atoms with E-state index in [9.17, 15) is 14.0 Å². The van der Waals surface area contributed by atoms with Crippen molar-refractivity contribution in [1.29, 1.82) is 0 Å². The Morgan fingerprint density at radius 1 is 1.18 bits per heavy atom. The first-order valence-corrected chi connectivity index (χ1v) is 14.8. The summed E-state index contributed by atoms with van der Waals surface area (Å²) in [6.07, 6.45) is 3.42. The fourth-order valence-electron chi connectivity index (χ4n) is 5.30.